The van der Waals surface area contributed by atoms with Crippen LogP contribution in [0.4, 0.5) is 0 Å². The van der Waals surface area contributed by atoms with Crippen molar-refractivity contribution >= 4 is 29.1 Å². The SMILES string of the molecule is Cc1nc(SCCc2ccnn2C)sc1C(=O)O. The van der Waals surface area contributed by atoms with Crippen molar-refractivity contribution in [2.45, 2.75) is 17.7 Å². The Bertz CT molecular complexity index is 562. The Labute approximate surface area is 113 Å². The largest absolute Gasteiger partial charge is 0.477 e. The fourth-order valence-corrected chi connectivity index (χ4v) is 3.58. The minimum absolute atomic E-state index is 0.332. The molecule has 0 fully saturated rings. The van der Waals surface area contributed by atoms with Crippen LogP contribution >= 0.6 is 23.1 Å². The van der Waals surface area contributed by atoms with Crippen LogP contribution in [0.25, 0.3) is 0 Å². The maximum absolute atomic E-state index is 10.9. The molecule has 0 saturated carbocycles. The molecule has 0 aliphatic heterocycles. The first-order chi connectivity index (χ1) is 8.58. The van der Waals surface area contributed by atoms with Crippen LogP contribution in [0, 0.1) is 6.92 Å². The van der Waals surface area contributed by atoms with Crippen molar-refractivity contribution in [1.82, 2.24) is 14.8 Å². The van der Waals surface area contributed by atoms with Gasteiger partial charge >= 0.3 is 5.97 Å². The summed E-state index contributed by atoms with van der Waals surface area (Å²) in [5.74, 6) is -0.0329. The molecule has 0 saturated heterocycles. The van der Waals surface area contributed by atoms with Gasteiger partial charge in [-0.15, -0.1) is 11.3 Å². The molecule has 0 aromatic carbocycles. The number of aromatic nitrogens is 3. The third kappa shape index (κ3) is 2.91. The summed E-state index contributed by atoms with van der Waals surface area (Å²) in [5, 5.41) is 13.0. The molecule has 96 valence electrons. The molecular weight excluding hydrogens is 270 g/mol. The number of thioether (sulfide) groups is 1. The van der Waals surface area contributed by atoms with Crippen LogP contribution in [0.3, 0.4) is 0 Å². The van der Waals surface area contributed by atoms with E-state index < -0.39 is 5.97 Å². The van der Waals surface area contributed by atoms with Crippen molar-refractivity contribution < 1.29 is 9.90 Å². The lowest BCUT2D eigenvalue weighted by molar-refractivity contribution is 0.0701. The predicted octanol–water partition coefficient (Wildman–Crippen LogP) is 2.22. The number of thiazole rings is 1. The van der Waals surface area contributed by atoms with Crippen molar-refractivity contribution in [3.05, 3.63) is 28.5 Å². The number of aromatic carboxylic acids is 1. The third-order valence-corrected chi connectivity index (χ3v) is 4.77. The van der Waals surface area contributed by atoms with E-state index in [1.54, 1.807) is 24.9 Å². The molecule has 0 unspecified atom stereocenters. The van der Waals surface area contributed by atoms with Crippen molar-refractivity contribution in [2.24, 2.45) is 7.05 Å². The minimum Gasteiger partial charge on any atom is -0.477 e. The molecule has 1 N–H and O–H groups in total. The number of carboxylic acids is 1. The molecule has 0 aliphatic rings. The summed E-state index contributed by atoms with van der Waals surface area (Å²) >= 11 is 2.82. The van der Waals surface area contributed by atoms with Gasteiger partial charge < -0.3 is 5.11 Å². The normalized spacial score (nSPS) is 10.8. The summed E-state index contributed by atoms with van der Waals surface area (Å²) in [7, 11) is 1.91. The van der Waals surface area contributed by atoms with Gasteiger partial charge in [-0.05, 0) is 19.4 Å². The highest BCUT2D eigenvalue weighted by atomic mass is 32.2. The van der Waals surface area contributed by atoms with Gasteiger partial charge in [0.15, 0.2) is 4.34 Å². The lowest BCUT2D eigenvalue weighted by atomic mass is 10.3. The Morgan fingerprint density at radius 2 is 2.39 bits per heavy atom. The zero-order valence-electron chi connectivity index (χ0n) is 10.1. The molecule has 5 nitrogen and oxygen atoms in total. The Kier molecular flexibility index (Phi) is 4.03. The first-order valence-corrected chi connectivity index (χ1v) is 7.18. The summed E-state index contributed by atoms with van der Waals surface area (Å²) in [6.07, 6.45) is 2.66. The average molecular weight is 283 g/mol. The Morgan fingerprint density at radius 3 is 2.94 bits per heavy atom. The lowest BCUT2D eigenvalue weighted by Gasteiger charge is -1.99. The van der Waals surface area contributed by atoms with Gasteiger partial charge in [-0.3, -0.25) is 4.68 Å². The molecule has 0 spiro atoms. The molecule has 2 aromatic rings. The maximum atomic E-state index is 10.9. The highest BCUT2D eigenvalue weighted by Gasteiger charge is 2.14. The fraction of sp³-hybridized carbons (Fsp3) is 0.364. The number of hydrogen-bond acceptors (Lipinski definition) is 5. The van der Waals surface area contributed by atoms with Gasteiger partial charge in [-0.25, -0.2) is 9.78 Å². The van der Waals surface area contributed by atoms with Crippen LogP contribution in [0.2, 0.25) is 0 Å². The van der Waals surface area contributed by atoms with Crippen molar-refractivity contribution in [2.75, 3.05) is 5.75 Å². The zero-order chi connectivity index (χ0) is 13.1. The summed E-state index contributed by atoms with van der Waals surface area (Å²) in [6, 6.07) is 1.98. The van der Waals surface area contributed by atoms with Gasteiger partial charge in [0.25, 0.3) is 0 Å². The van der Waals surface area contributed by atoms with E-state index in [0.717, 1.165) is 22.2 Å². The van der Waals surface area contributed by atoms with Gasteiger partial charge in [0, 0.05) is 24.7 Å². The number of aryl methyl sites for hydroxylation is 3. The average Bonchev–Trinajstić information content (AvgIpc) is 2.86. The third-order valence-electron chi connectivity index (χ3n) is 2.48. The van der Waals surface area contributed by atoms with Crippen LogP contribution in [0.15, 0.2) is 16.6 Å². The molecule has 7 heteroatoms. The number of carboxylic acid groups (broad SMARTS) is 1. The van der Waals surface area contributed by atoms with E-state index in [4.69, 9.17) is 5.11 Å². The van der Waals surface area contributed by atoms with E-state index in [9.17, 15) is 4.79 Å². The van der Waals surface area contributed by atoms with E-state index in [-0.39, 0.29) is 0 Å². The monoisotopic (exact) mass is 283 g/mol. The summed E-state index contributed by atoms with van der Waals surface area (Å²) in [4.78, 5) is 15.5. The quantitative estimate of drug-likeness (QED) is 0.852. The van der Waals surface area contributed by atoms with Crippen molar-refractivity contribution in [3.8, 4) is 0 Å². The Morgan fingerprint density at radius 1 is 1.61 bits per heavy atom. The van der Waals surface area contributed by atoms with Crippen LogP contribution < -0.4 is 0 Å². The Balaban J connectivity index is 1.93. The summed E-state index contributed by atoms with van der Waals surface area (Å²) in [5.41, 5.74) is 1.75. The summed E-state index contributed by atoms with van der Waals surface area (Å²) < 4.78 is 2.66. The molecule has 2 heterocycles. The highest BCUT2D eigenvalue weighted by molar-refractivity contribution is 8.01. The molecule has 0 amide bonds. The van der Waals surface area contributed by atoms with Crippen LogP contribution in [0.5, 0.6) is 0 Å². The van der Waals surface area contributed by atoms with Gasteiger partial charge in [0.05, 0.1) is 5.69 Å². The predicted molar refractivity (Wildman–Crippen MR) is 71.4 cm³/mol. The standard InChI is InChI=1S/C11H13N3O2S2/c1-7-9(10(15)16)18-11(13-7)17-6-4-8-3-5-12-14(8)2/h3,5H,4,6H2,1-2H3,(H,15,16). The van der Waals surface area contributed by atoms with Gasteiger partial charge in [0.1, 0.15) is 4.88 Å². The van der Waals surface area contributed by atoms with Crippen LogP contribution in [0.1, 0.15) is 21.1 Å². The molecule has 2 aromatic heterocycles. The zero-order valence-corrected chi connectivity index (χ0v) is 11.7. The van der Waals surface area contributed by atoms with E-state index >= 15 is 0 Å². The first kappa shape index (κ1) is 13.1. The fourth-order valence-electron chi connectivity index (χ4n) is 1.52. The summed E-state index contributed by atoms with van der Waals surface area (Å²) in [6.45, 7) is 1.73. The minimum atomic E-state index is -0.900. The molecule has 0 atom stereocenters. The van der Waals surface area contributed by atoms with E-state index in [1.807, 2.05) is 17.8 Å². The first-order valence-electron chi connectivity index (χ1n) is 5.38. The molecule has 2 rings (SSSR count). The molecule has 0 aliphatic carbocycles. The second-order valence-electron chi connectivity index (χ2n) is 3.74. The topological polar surface area (TPSA) is 68.0 Å². The van der Waals surface area contributed by atoms with Crippen LogP contribution in [-0.2, 0) is 13.5 Å². The second kappa shape index (κ2) is 5.53. The molecule has 0 radical (unpaired) electrons. The highest BCUT2D eigenvalue weighted by Crippen LogP contribution is 2.27. The molecule has 18 heavy (non-hydrogen) atoms. The Hall–Kier alpha value is -1.34. The van der Waals surface area contributed by atoms with Gasteiger partial charge in [-0.1, -0.05) is 11.8 Å². The molecule has 0 bridgehead atoms. The van der Waals surface area contributed by atoms with Crippen molar-refractivity contribution in [1.29, 1.82) is 0 Å². The van der Waals surface area contributed by atoms with Crippen molar-refractivity contribution in [3.63, 3.8) is 0 Å². The number of rotatable bonds is 5. The second-order valence-corrected chi connectivity index (χ2v) is 6.09. The number of carbonyl (C=O) groups is 1. The number of nitrogens with zero attached hydrogens (tertiary/aromatic N) is 3. The van der Waals surface area contributed by atoms with Crippen LogP contribution in [-0.4, -0.2) is 31.6 Å². The van der Waals surface area contributed by atoms with Gasteiger partial charge in [-0.2, -0.15) is 5.10 Å². The van der Waals surface area contributed by atoms with E-state index in [1.165, 1.54) is 11.3 Å². The lowest BCUT2D eigenvalue weighted by Crippen LogP contribution is -1.99. The van der Waals surface area contributed by atoms with Gasteiger partial charge in [0.2, 0.25) is 0 Å². The molecular formula is C11H13N3O2S2. The number of hydrogen-bond donors (Lipinski definition) is 1. The van der Waals surface area contributed by atoms with E-state index in [0.29, 0.717) is 10.6 Å². The smallest absolute Gasteiger partial charge is 0.347 e. The maximum Gasteiger partial charge on any atom is 0.347 e. The van der Waals surface area contributed by atoms with E-state index in [2.05, 4.69) is 10.1 Å².